The number of carboxylic acid groups (broad SMARTS) is 1. The van der Waals surface area contributed by atoms with Crippen molar-refractivity contribution >= 4 is 61.4 Å². The summed E-state index contributed by atoms with van der Waals surface area (Å²) in [6.07, 6.45) is 3.52. The lowest BCUT2D eigenvalue weighted by molar-refractivity contribution is -0.141. The number of hydrogen-bond donors (Lipinski definition) is 4. The van der Waals surface area contributed by atoms with Crippen molar-refractivity contribution in [3.63, 3.8) is 0 Å². The van der Waals surface area contributed by atoms with Crippen molar-refractivity contribution in [3.05, 3.63) is 95.8 Å². The lowest BCUT2D eigenvalue weighted by atomic mass is 9.83. The first-order valence-electron chi connectivity index (χ1n) is 23.1. The van der Waals surface area contributed by atoms with E-state index in [2.05, 4.69) is 35.6 Å². The molecule has 0 bridgehead atoms. The summed E-state index contributed by atoms with van der Waals surface area (Å²) in [6.45, 7) is 13.4. The molecule has 17 nitrogen and oxygen atoms in total. The summed E-state index contributed by atoms with van der Waals surface area (Å²) in [5, 5.41) is 17.8. The minimum absolute atomic E-state index is 0.0381. The van der Waals surface area contributed by atoms with E-state index in [0.29, 0.717) is 30.8 Å². The highest BCUT2D eigenvalue weighted by Crippen LogP contribution is 2.41. The number of thioether (sulfide) groups is 1. The Morgan fingerprint density at radius 3 is 2.20 bits per heavy atom. The Balaban J connectivity index is 1.39. The van der Waals surface area contributed by atoms with E-state index >= 15 is 4.39 Å². The van der Waals surface area contributed by atoms with Crippen molar-refractivity contribution in [2.24, 2.45) is 5.41 Å². The van der Waals surface area contributed by atoms with Crippen LogP contribution in [0.1, 0.15) is 50.9 Å². The number of rotatable bonds is 29. The molecule has 1 aliphatic heterocycles. The number of hydrogen-bond acceptors (Lipinski definition) is 11. The summed E-state index contributed by atoms with van der Waals surface area (Å²) in [5.41, 5.74) is 1.37. The first-order valence-corrected chi connectivity index (χ1v) is 27.9. The molecular weight excluding hydrogens is 947 g/mol. The minimum Gasteiger partial charge on any atom is -0.480 e. The largest absolute Gasteiger partial charge is 0.480 e. The van der Waals surface area contributed by atoms with Crippen LogP contribution in [0.3, 0.4) is 0 Å². The number of alkyl carbamates (subject to hydrolysis) is 1. The number of nitrogens with zero attached hydrogens (tertiary/aromatic N) is 3. The lowest BCUT2D eigenvalue weighted by Gasteiger charge is -2.41. The first kappa shape index (κ1) is 56.7. The highest BCUT2D eigenvalue weighted by molar-refractivity contribution is 8.00. The molecule has 0 radical (unpaired) electrons. The predicted molar refractivity (Wildman–Crippen MR) is 263 cm³/mol. The topological polar surface area (TPSA) is 215 Å². The van der Waals surface area contributed by atoms with Gasteiger partial charge in [-0.05, 0) is 47.7 Å². The molecular formula is C49H66F2N6O11SSi. The summed E-state index contributed by atoms with van der Waals surface area (Å²) < 4.78 is 48.0. The average Bonchev–Trinajstić information content (AvgIpc) is 3.83. The lowest BCUT2D eigenvalue weighted by Crippen LogP contribution is -2.45. The smallest absolute Gasteiger partial charge is 0.407 e. The molecule has 0 aliphatic carbocycles. The Hall–Kier alpha value is -5.90. The molecule has 2 unspecified atom stereocenters. The zero-order valence-corrected chi connectivity index (χ0v) is 42.5. The fourth-order valence-electron chi connectivity index (χ4n) is 7.27. The Morgan fingerprint density at radius 1 is 0.857 bits per heavy atom. The van der Waals surface area contributed by atoms with Crippen molar-refractivity contribution in [2.75, 3.05) is 70.7 Å². The van der Waals surface area contributed by atoms with Crippen molar-refractivity contribution in [1.29, 1.82) is 0 Å². The third-order valence-corrected chi connectivity index (χ3v) is 13.5. The zero-order chi connectivity index (χ0) is 51.4. The van der Waals surface area contributed by atoms with Crippen LogP contribution in [0, 0.1) is 17.0 Å². The molecule has 4 N–H and O–H groups in total. The molecule has 21 heteroatoms. The average molecular weight is 1010 g/mol. The number of aromatic nitrogens is 1. The van der Waals surface area contributed by atoms with Gasteiger partial charge in [0.25, 0.3) is 11.8 Å². The van der Waals surface area contributed by atoms with E-state index in [0.717, 1.165) is 58.6 Å². The Kier molecular flexibility index (Phi) is 22.3. The number of amides is 6. The number of carbonyl (C=O) groups excluding carboxylic acids is 6. The molecule has 0 spiro atoms. The second kappa shape index (κ2) is 27.5. The normalized spacial score (nSPS) is 13.5. The number of halogens is 2. The monoisotopic (exact) mass is 1010 g/mol. The van der Waals surface area contributed by atoms with Crippen LogP contribution in [0.5, 0.6) is 0 Å². The number of carbonyl (C=O) groups is 7. The molecule has 70 heavy (non-hydrogen) atoms. The SMILES string of the molecule is CC(C)(C)C(c1cc(-c2cc(F)ccc2F)cn1Cc1ccccc1)N(CCCNC(=O)OCC[Si](C)(C)C)C(=O)CSCC(NC(=O)CCOCCOCCNC(=O)CN1C(=O)C=CC1=O)C(=O)O. The van der Waals surface area contributed by atoms with E-state index in [4.69, 9.17) is 14.2 Å². The Labute approximate surface area is 413 Å². The van der Waals surface area contributed by atoms with Gasteiger partial charge < -0.3 is 44.7 Å². The van der Waals surface area contributed by atoms with Crippen LogP contribution >= 0.6 is 11.8 Å². The predicted octanol–water partition coefficient (Wildman–Crippen LogP) is 5.62. The highest BCUT2D eigenvalue weighted by atomic mass is 32.2. The van der Waals surface area contributed by atoms with Crippen LogP contribution < -0.4 is 16.0 Å². The number of nitrogens with one attached hydrogen (secondary N) is 3. The van der Waals surface area contributed by atoms with Gasteiger partial charge in [0, 0.05) is 81.6 Å². The van der Waals surface area contributed by atoms with E-state index in [1.165, 1.54) is 0 Å². The van der Waals surface area contributed by atoms with E-state index in [1.54, 1.807) is 17.2 Å². The van der Waals surface area contributed by atoms with E-state index in [-0.39, 0.29) is 75.5 Å². The molecule has 0 fully saturated rings. The van der Waals surface area contributed by atoms with Crippen LogP contribution in [-0.2, 0) is 49.5 Å². The van der Waals surface area contributed by atoms with E-state index in [9.17, 15) is 43.1 Å². The maximum Gasteiger partial charge on any atom is 0.407 e. The summed E-state index contributed by atoms with van der Waals surface area (Å²) >= 11 is 1.03. The second-order valence-electron chi connectivity index (χ2n) is 18.9. The van der Waals surface area contributed by atoms with Gasteiger partial charge in [0.2, 0.25) is 17.7 Å². The van der Waals surface area contributed by atoms with Crippen LogP contribution in [0.2, 0.25) is 25.7 Å². The minimum atomic E-state index is -1.44. The highest BCUT2D eigenvalue weighted by Gasteiger charge is 2.37. The quantitative estimate of drug-likeness (QED) is 0.0379. The Morgan fingerprint density at radius 2 is 1.54 bits per heavy atom. The number of carboxylic acids is 1. The van der Waals surface area contributed by atoms with Gasteiger partial charge in [-0.3, -0.25) is 28.9 Å². The van der Waals surface area contributed by atoms with Crippen molar-refractivity contribution in [1.82, 2.24) is 30.3 Å². The molecule has 2 aromatic carbocycles. The Bertz CT molecular complexity index is 2290. The van der Waals surface area contributed by atoms with Crippen LogP contribution in [0.4, 0.5) is 13.6 Å². The summed E-state index contributed by atoms with van der Waals surface area (Å²) in [7, 11) is -1.44. The molecule has 2 heterocycles. The van der Waals surface area contributed by atoms with Crippen molar-refractivity contribution in [3.8, 4) is 11.1 Å². The van der Waals surface area contributed by atoms with Gasteiger partial charge in [-0.2, -0.15) is 0 Å². The number of imide groups is 1. The van der Waals surface area contributed by atoms with Gasteiger partial charge in [0.15, 0.2) is 0 Å². The van der Waals surface area contributed by atoms with Crippen LogP contribution in [0.25, 0.3) is 11.1 Å². The summed E-state index contributed by atoms with van der Waals surface area (Å²) in [5.74, 6) is -5.43. The molecule has 1 aliphatic rings. The second-order valence-corrected chi connectivity index (χ2v) is 25.5. The van der Waals surface area contributed by atoms with Crippen molar-refractivity contribution in [2.45, 2.75) is 77.9 Å². The summed E-state index contributed by atoms with van der Waals surface area (Å²) in [6, 6.07) is 13.4. The van der Waals surface area contributed by atoms with E-state index < -0.39 is 79.4 Å². The number of aliphatic carboxylic acids is 1. The van der Waals surface area contributed by atoms with Gasteiger partial charge in [0.1, 0.15) is 24.2 Å². The summed E-state index contributed by atoms with van der Waals surface area (Å²) in [4.78, 5) is 89.9. The first-order chi connectivity index (χ1) is 33.1. The van der Waals surface area contributed by atoms with E-state index in [1.807, 2.05) is 55.7 Å². The maximum absolute atomic E-state index is 15.3. The molecule has 3 aromatic rings. The van der Waals surface area contributed by atoms with Crippen LogP contribution in [-0.4, -0.2) is 146 Å². The third-order valence-electron chi connectivity index (χ3n) is 10.8. The van der Waals surface area contributed by atoms with Gasteiger partial charge in [0.05, 0.1) is 44.8 Å². The molecule has 0 saturated heterocycles. The van der Waals surface area contributed by atoms with Gasteiger partial charge in [-0.1, -0.05) is 70.7 Å². The maximum atomic E-state index is 15.3. The fourth-order valence-corrected chi connectivity index (χ4v) is 8.91. The van der Waals surface area contributed by atoms with Crippen molar-refractivity contribution < 1.29 is 61.7 Å². The zero-order valence-electron chi connectivity index (χ0n) is 40.7. The number of ether oxygens (including phenoxy) is 3. The third kappa shape index (κ3) is 19.1. The van der Waals surface area contributed by atoms with Gasteiger partial charge in [-0.25, -0.2) is 18.4 Å². The standard InChI is InChI=1S/C49H66F2N6O11SSi/c1-49(2,3)46(40-27-35(37-28-36(50)13-14-38(37)51)30-55(40)29-34-11-8-7-9-12-34)56(20-10-18-53-48(65)68-25-26-70(4,5)6)45(62)33-69-32-39(47(63)64)54-41(58)17-21-66-23-24-67-22-19-52-42(59)31-57-43(60)15-16-44(57)61/h7-9,11-16,27-28,30,39,46H,10,17-26,29,31-33H2,1-6H3,(H,52,59)(H,53,65)(H,54,58)(H,63,64). The molecule has 2 atom stereocenters. The van der Waals surface area contributed by atoms with Gasteiger partial charge in [-0.15, -0.1) is 11.8 Å². The fraction of sp³-hybridized carbons (Fsp3) is 0.490. The number of benzene rings is 2. The molecule has 382 valence electrons. The molecule has 4 rings (SSSR count). The molecule has 1 aromatic heterocycles. The van der Waals surface area contributed by atoms with Crippen LogP contribution in [0.15, 0.2) is 72.9 Å². The molecule has 0 saturated carbocycles. The molecule has 6 amide bonds. The van der Waals surface area contributed by atoms with Gasteiger partial charge >= 0.3 is 12.1 Å².